The number of cyclic esters (lactones) is 1. The molecule has 0 saturated carbocycles. The largest absolute Gasteiger partial charge is 0.439 e. The molecular formula is C16H14N4O5. The second kappa shape index (κ2) is 6.00. The van der Waals surface area contributed by atoms with Crippen molar-refractivity contribution in [2.45, 2.75) is 0 Å². The van der Waals surface area contributed by atoms with Gasteiger partial charge in [0.15, 0.2) is 18.1 Å². The number of nitrogens with zero attached hydrogens (tertiary/aromatic N) is 4. The smallest absolute Gasteiger partial charge is 0.417 e. The number of carbonyl (C=O) groups excluding carboxylic acids is 3. The molecule has 2 aliphatic heterocycles. The molecule has 0 bridgehead atoms. The second-order valence-electron chi connectivity index (χ2n) is 5.95. The maximum atomic E-state index is 12.4. The molecule has 2 fully saturated rings. The number of aromatic nitrogens is 2. The fourth-order valence-electron chi connectivity index (χ4n) is 2.85. The molecule has 2 saturated heterocycles. The number of amides is 3. The monoisotopic (exact) mass is 342 g/mol. The molecule has 4 rings (SSSR count). The van der Waals surface area contributed by atoms with Crippen LogP contribution in [0, 0.1) is 5.92 Å². The van der Waals surface area contributed by atoms with Crippen molar-refractivity contribution in [1.82, 2.24) is 19.9 Å². The normalized spacial score (nSPS) is 17.6. The van der Waals surface area contributed by atoms with Crippen LogP contribution in [-0.2, 0) is 9.53 Å². The minimum absolute atomic E-state index is 0.0447. The van der Waals surface area contributed by atoms with Gasteiger partial charge >= 0.3 is 6.09 Å². The minimum atomic E-state index is -0.618. The molecule has 0 aromatic carbocycles. The molecule has 25 heavy (non-hydrogen) atoms. The highest BCUT2D eigenvalue weighted by atomic mass is 16.6. The zero-order valence-electron chi connectivity index (χ0n) is 13.1. The summed E-state index contributed by atoms with van der Waals surface area (Å²) in [5.74, 6) is -0.0694. The number of rotatable bonds is 4. The standard InChI is InChI=1S/C16H14N4O5/c21-14-9-24-16(23)20(14)8-10-6-19(7-10)15(22)12-4-13(25-18-12)11-2-1-3-17-5-11/h1-5,10H,6-9H2. The molecule has 0 unspecified atom stereocenters. The number of hydrogen-bond donors (Lipinski definition) is 0. The van der Waals surface area contributed by atoms with Crippen molar-refractivity contribution in [3.05, 3.63) is 36.3 Å². The predicted octanol–water partition coefficient (Wildman–Crippen LogP) is 0.787. The summed E-state index contributed by atoms with van der Waals surface area (Å²) in [6, 6.07) is 5.16. The van der Waals surface area contributed by atoms with Crippen LogP contribution in [0.5, 0.6) is 0 Å². The van der Waals surface area contributed by atoms with Gasteiger partial charge in [-0.2, -0.15) is 0 Å². The lowest BCUT2D eigenvalue weighted by atomic mass is 9.99. The van der Waals surface area contributed by atoms with Crippen LogP contribution in [0.2, 0.25) is 0 Å². The van der Waals surface area contributed by atoms with Crippen LogP contribution in [0.4, 0.5) is 4.79 Å². The number of hydrogen-bond acceptors (Lipinski definition) is 7. The van der Waals surface area contributed by atoms with Crippen molar-refractivity contribution < 1.29 is 23.6 Å². The van der Waals surface area contributed by atoms with Crippen LogP contribution in [0.25, 0.3) is 11.3 Å². The second-order valence-corrected chi connectivity index (χ2v) is 5.95. The summed E-state index contributed by atoms with van der Waals surface area (Å²) in [5.41, 5.74) is 0.954. The molecule has 0 spiro atoms. The van der Waals surface area contributed by atoms with Gasteiger partial charge in [-0.15, -0.1) is 0 Å². The molecular weight excluding hydrogens is 328 g/mol. The van der Waals surface area contributed by atoms with Gasteiger partial charge in [-0.25, -0.2) is 9.69 Å². The van der Waals surface area contributed by atoms with Crippen molar-refractivity contribution in [2.75, 3.05) is 26.2 Å². The average molecular weight is 342 g/mol. The highest BCUT2D eigenvalue weighted by Crippen LogP contribution is 2.24. The lowest BCUT2D eigenvalue weighted by Crippen LogP contribution is -2.54. The Kier molecular flexibility index (Phi) is 3.68. The molecule has 3 amide bonds. The predicted molar refractivity (Wildman–Crippen MR) is 82.2 cm³/mol. The van der Waals surface area contributed by atoms with Crippen LogP contribution in [-0.4, -0.2) is 64.1 Å². The Morgan fingerprint density at radius 2 is 2.16 bits per heavy atom. The van der Waals surface area contributed by atoms with E-state index in [0.29, 0.717) is 18.8 Å². The quantitative estimate of drug-likeness (QED) is 0.808. The molecule has 9 nitrogen and oxygen atoms in total. The molecule has 2 aromatic rings. The topological polar surface area (TPSA) is 106 Å². The van der Waals surface area contributed by atoms with Crippen LogP contribution in [0.3, 0.4) is 0 Å². The van der Waals surface area contributed by atoms with Crippen LogP contribution >= 0.6 is 0 Å². The summed E-state index contributed by atoms with van der Waals surface area (Å²) >= 11 is 0. The van der Waals surface area contributed by atoms with Gasteiger partial charge in [0.1, 0.15) is 0 Å². The number of imide groups is 1. The fourth-order valence-corrected chi connectivity index (χ4v) is 2.85. The Hall–Kier alpha value is -3.23. The Morgan fingerprint density at radius 1 is 1.32 bits per heavy atom. The highest BCUT2D eigenvalue weighted by Gasteiger charge is 2.39. The zero-order chi connectivity index (χ0) is 17.4. The zero-order valence-corrected chi connectivity index (χ0v) is 13.1. The third-order valence-electron chi connectivity index (χ3n) is 4.20. The van der Waals surface area contributed by atoms with Crippen molar-refractivity contribution in [2.24, 2.45) is 5.92 Å². The van der Waals surface area contributed by atoms with Gasteiger partial charge < -0.3 is 14.2 Å². The van der Waals surface area contributed by atoms with E-state index in [1.165, 1.54) is 0 Å². The van der Waals surface area contributed by atoms with E-state index >= 15 is 0 Å². The Morgan fingerprint density at radius 3 is 2.84 bits per heavy atom. The third-order valence-corrected chi connectivity index (χ3v) is 4.20. The van der Waals surface area contributed by atoms with E-state index in [0.717, 1.165) is 10.5 Å². The number of ether oxygens (including phenoxy) is 1. The molecule has 0 atom stereocenters. The first kappa shape index (κ1) is 15.3. The van der Waals surface area contributed by atoms with Crippen molar-refractivity contribution in [3.8, 4) is 11.3 Å². The summed E-state index contributed by atoms with van der Waals surface area (Å²) in [6.07, 6.45) is 2.65. The SMILES string of the molecule is O=C(c1cc(-c2cccnc2)on1)N1CC(CN2C(=O)COC2=O)C1. The Bertz CT molecular complexity index is 812. The molecule has 2 aromatic heterocycles. The first-order chi connectivity index (χ1) is 12.1. The van der Waals surface area contributed by atoms with Gasteiger partial charge in [-0.3, -0.25) is 14.6 Å². The maximum absolute atomic E-state index is 12.4. The highest BCUT2D eigenvalue weighted by molar-refractivity contribution is 5.98. The van der Waals surface area contributed by atoms with Gasteiger partial charge in [-0.05, 0) is 12.1 Å². The molecule has 9 heteroatoms. The van der Waals surface area contributed by atoms with E-state index in [1.807, 2.05) is 6.07 Å². The summed E-state index contributed by atoms with van der Waals surface area (Å²) in [5, 5.41) is 3.82. The first-order valence-corrected chi connectivity index (χ1v) is 7.75. The van der Waals surface area contributed by atoms with Crippen molar-refractivity contribution in [3.63, 3.8) is 0 Å². The molecule has 2 aliphatic rings. The van der Waals surface area contributed by atoms with Crippen LogP contribution in [0.15, 0.2) is 35.1 Å². The van der Waals surface area contributed by atoms with E-state index in [1.54, 1.807) is 29.4 Å². The Balaban J connectivity index is 1.35. The maximum Gasteiger partial charge on any atom is 0.417 e. The average Bonchev–Trinajstić information content (AvgIpc) is 3.19. The summed E-state index contributed by atoms with van der Waals surface area (Å²) in [7, 11) is 0. The van der Waals surface area contributed by atoms with Gasteiger partial charge in [0.05, 0.1) is 0 Å². The molecule has 0 N–H and O–H groups in total. The lowest BCUT2D eigenvalue weighted by molar-refractivity contribution is -0.126. The minimum Gasteiger partial charge on any atom is -0.439 e. The Labute approximate surface area is 142 Å². The van der Waals surface area contributed by atoms with E-state index in [-0.39, 0.29) is 36.6 Å². The fraction of sp³-hybridized carbons (Fsp3) is 0.312. The number of likely N-dealkylation sites (tertiary alicyclic amines) is 1. The molecule has 128 valence electrons. The van der Waals surface area contributed by atoms with E-state index < -0.39 is 6.09 Å². The summed E-state index contributed by atoms with van der Waals surface area (Å²) in [6.45, 7) is 0.960. The lowest BCUT2D eigenvalue weighted by Gasteiger charge is -2.39. The molecule has 0 aliphatic carbocycles. The molecule has 4 heterocycles. The van der Waals surface area contributed by atoms with Gasteiger partial charge in [0.2, 0.25) is 0 Å². The third kappa shape index (κ3) is 2.84. The van der Waals surface area contributed by atoms with Gasteiger partial charge in [0.25, 0.3) is 11.8 Å². The first-order valence-electron chi connectivity index (χ1n) is 7.75. The van der Waals surface area contributed by atoms with E-state index in [9.17, 15) is 14.4 Å². The van der Waals surface area contributed by atoms with Crippen LogP contribution in [0.1, 0.15) is 10.5 Å². The van der Waals surface area contributed by atoms with Crippen molar-refractivity contribution >= 4 is 17.9 Å². The molecule has 0 radical (unpaired) electrons. The van der Waals surface area contributed by atoms with Gasteiger partial charge in [0, 0.05) is 49.6 Å². The van der Waals surface area contributed by atoms with E-state index in [2.05, 4.69) is 14.9 Å². The number of pyridine rings is 1. The van der Waals surface area contributed by atoms with Gasteiger partial charge in [-0.1, -0.05) is 5.16 Å². The van der Waals surface area contributed by atoms with Crippen LogP contribution < -0.4 is 0 Å². The van der Waals surface area contributed by atoms with E-state index in [4.69, 9.17) is 4.52 Å². The van der Waals surface area contributed by atoms with Crippen molar-refractivity contribution in [1.29, 1.82) is 0 Å². The number of carbonyl (C=O) groups is 3. The summed E-state index contributed by atoms with van der Waals surface area (Å²) < 4.78 is 9.87. The summed E-state index contributed by atoms with van der Waals surface area (Å²) in [4.78, 5) is 42.0.